The molecule has 1 aliphatic rings. The Bertz CT molecular complexity index is 1020. The number of carbonyl (C=O) groups is 1. The maximum absolute atomic E-state index is 12.8. The fourth-order valence-corrected chi connectivity index (χ4v) is 3.81. The Morgan fingerprint density at radius 2 is 2.04 bits per heavy atom. The van der Waals surface area contributed by atoms with Gasteiger partial charge in [-0.3, -0.25) is 9.78 Å². The van der Waals surface area contributed by atoms with Gasteiger partial charge in [0.15, 0.2) is 5.78 Å². The highest BCUT2D eigenvalue weighted by atomic mass is 16.5. The van der Waals surface area contributed by atoms with Gasteiger partial charge in [-0.2, -0.15) is 0 Å². The molecule has 1 aliphatic carbocycles. The van der Waals surface area contributed by atoms with Gasteiger partial charge in [0.1, 0.15) is 5.75 Å². The second kappa shape index (κ2) is 6.79. The van der Waals surface area contributed by atoms with Crippen LogP contribution in [0.5, 0.6) is 5.75 Å². The number of ether oxygens (including phenoxy) is 1. The van der Waals surface area contributed by atoms with Gasteiger partial charge >= 0.3 is 0 Å². The molecule has 0 radical (unpaired) electrons. The fraction of sp³-hybridized carbons (Fsp3) is 0.238. The number of nitrogen functional groups attached to an aromatic ring is 1. The van der Waals surface area contributed by atoms with Crippen molar-refractivity contribution in [2.24, 2.45) is 0 Å². The summed E-state index contributed by atoms with van der Waals surface area (Å²) in [6, 6.07) is 9.87. The predicted octanol–water partition coefficient (Wildman–Crippen LogP) is 3.35. The number of hydrogen-bond donors (Lipinski definition) is 1. The zero-order valence-electron chi connectivity index (χ0n) is 15.3. The van der Waals surface area contributed by atoms with Crippen molar-refractivity contribution >= 4 is 11.7 Å². The number of aryl methyl sites for hydroxylation is 1. The number of rotatable bonds is 3. The van der Waals surface area contributed by atoms with E-state index in [1.165, 1.54) is 0 Å². The van der Waals surface area contributed by atoms with Crippen LogP contribution in [-0.4, -0.2) is 27.8 Å². The number of carbonyl (C=O) groups excluding carboxylic acids is 1. The van der Waals surface area contributed by atoms with Crippen LogP contribution in [0.15, 0.2) is 42.7 Å². The van der Waals surface area contributed by atoms with E-state index in [-0.39, 0.29) is 17.6 Å². The van der Waals surface area contributed by atoms with Crippen LogP contribution in [0.25, 0.3) is 11.1 Å². The minimum Gasteiger partial charge on any atom is -0.497 e. The smallest absolute Gasteiger partial charge is 0.220 e. The van der Waals surface area contributed by atoms with Gasteiger partial charge in [0.25, 0.3) is 0 Å². The Morgan fingerprint density at radius 3 is 2.78 bits per heavy atom. The molecule has 0 spiro atoms. The van der Waals surface area contributed by atoms with E-state index in [0.717, 1.165) is 28.1 Å². The van der Waals surface area contributed by atoms with Gasteiger partial charge in [0, 0.05) is 24.4 Å². The minimum absolute atomic E-state index is 0.0102. The molecule has 0 saturated carbocycles. The molecule has 6 heteroatoms. The number of hydrogen-bond acceptors (Lipinski definition) is 6. The Hall–Kier alpha value is -3.28. The zero-order chi connectivity index (χ0) is 19.0. The maximum atomic E-state index is 12.8. The quantitative estimate of drug-likeness (QED) is 0.770. The third-order valence-electron chi connectivity index (χ3n) is 5.00. The second-order valence-corrected chi connectivity index (χ2v) is 6.71. The van der Waals surface area contributed by atoms with E-state index in [2.05, 4.69) is 15.0 Å². The molecular formula is C21H20N4O2. The molecule has 2 aromatic heterocycles. The lowest BCUT2D eigenvalue weighted by molar-refractivity contribution is 0.0962. The van der Waals surface area contributed by atoms with Crippen LogP contribution in [0.2, 0.25) is 0 Å². The predicted molar refractivity (Wildman–Crippen MR) is 103 cm³/mol. The van der Waals surface area contributed by atoms with Crippen molar-refractivity contribution in [2.45, 2.75) is 25.7 Å². The van der Waals surface area contributed by atoms with Gasteiger partial charge in [0.2, 0.25) is 5.95 Å². The van der Waals surface area contributed by atoms with Crippen LogP contribution >= 0.6 is 0 Å². The summed E-state index contributed by atoms with van der Waals surface area (Å²) in [6.07, 6.45) is 4.61. The van der Waals surface area contributed by atoms with Crippen molar-refractivity contribution in [1.29, 1.82) is 0 Å². The van der Waals surface area contributed by atoms with Crippen molar-refractivity contribution in [1.82, 2.24) is 15.0 Å². The molecule has 0 bridgehead atoms. The van der Waals surface area contributed by atoms with Crippen molar-refractivity contribution < 1.29 is 9.53 Å². The van der Waals surface area contributed by atoms with Crippen LogP contribution in [0.1, 0.15) is 39.6 Å². The summed E-state index contributed by atoms with van der Waals surface area (Å²) in [5, 5.41) is 0. The van der Waals surface area contributed by atoms with E-state index in [1.807, 2.05) is 43.5 Å². The monoisotopic (exact) mass is 360 g/mol. The van der Waals surface area contributed by atoms with Crippen molar-refractivity contribution in [2.75, 3.05) is 12.8 Å². The largest absolute Gasteiger partial charge is 0.497 e. The number of ketones is 1. The lowest BCUT2D eigenvalue weighted by Crippen LogP contribution is -2.23. The summed E-state index contributed by atoms with van der Waals surface area (Å²) in [5.74, 6) is 1.01. The Balaban J connectivity index is 1.82. The SMILES string of the molecule is COc1ccc(-c2cccnc2)c(C2CC(=O)c3c(C)nc(N)nc3C2)c1. The van der Waals surface area contributed by atoms with Crippen LogP contribution in [0.3, 0.4) is 0 Å². The van der Waals surface area contributed by atoms with Crippen molar-refractivity contribution in [3.8, 4) is 16.9 Å². The third kappa shape index (κ3) is 3.14. The highest BCUT2D eigenvalue weighted by Gasteiger charge is 2.31. The number of fused-ring (bicyclic) bond motifs is 1. The summed E-state index contributed by atoms with van der Waals surface area (Å²) in [6.45, 7) is 1.81. The number of aromatic nitrogens is 3. The summed E-state index contributed by atoms with van der Waals surface area (Å²) >= 11 is 0. The number of Topliss-reactive ketones (excluding diaryl/α,β-unsaturated/α-hetero) is 1. The third-order valence-corrected chi connectivity index (χ3v) is 5.00. The molecule has 2 N–H and O–H groups in total. The molecule has 0 amide bonds. The number of nitrogens with two attached hydrogens (primary N) is 1. The average molecular weight is 360 g/mol. The van der Waals surface area contributed by atoms with Gasteiger partial charge in [-0.05, 0) is 48.6 Å². The van der Waals surface area contributed by atoms with Crippen LogP contribution < -0.4 is 10.5 Å². The summed E-state index contributed by atoms with van der Waals surface area (Å²) in [7, 11) is 1.64. The Morgan fingerprint density at radius 1 is 1.19 bits per heavy atom. The maximum Gasteiger partial charge on any atom is 0.220 e. The number of methoxy groups -OCH3 is 1. The summed E-state index contributed by atoms with van der Waals surface area (Å²) < 4.78 is 5.42. The van der Waals surface area contributed by atoms with E-state index in [9.17, 15) is 4.79 Å². The van der Waals surface area contributed by atoms with E-state index >= 15 is 0 Å². The summed E-state index contributed by atoms with van der Waals surface area (Å²) in [5.41, 5.74) is 10.9. The molecule has 1 aromatic carbocycles. The standard InChI is InChI=1S/C21H20N4O2/c1-12-20-18(25-21(22)24-12)8-14(9-19(20)26)17-10-15(27-2)5-6-16(17)13-4-3-7-23-11-13/h3-7,10-11,14H,8-9H2,1-2H3,(H2,22,24,25). The first-order valence-electron chi connectivity index (χ1n) is 8.81. The lowest BCUT2D eigenvalue weighted by Gasteiger charge is -2.26. The van der Waals surface area contributed by atoms with Gasteiger partial charge in [-0.1, -0.05) is 12.1 Å². The molecule has 0 aliphatic heterocycles. The number of pyridine rings is 1. The molecule has 0 fully saturated rings. The normalized spacial score (nSPS) is 16.1. The fourth-order valence-electron chi connectivity index (χ4n) is 3.81. The van der Waals surface area contributed by atoms with E-state index < -0.39 is 0 Å². The Labute approximate surface area is 157 Å². The van der Waals surface area contributed by atoms with Gasteiger partial charge in [0.05, 0.1) is 24.1 Å². The highest BCUT2D eigenvalue weighted by molar-refractivity contribution is 6.00. The van der Waals surface area contributed by atoms with Gasteiger partial charge in [-0.25, -0.2) is 9.97 Å². The average Bonchev–Trinajstić information content (AvgIpc) is 2.67. The molecule has 1 unspecified atom stereocenters. The molecule has 3 aromatic rings. The first kappa shape index (κ1) is 17.1. The second-order valence-electron chi connectivity index (χ2n) is 6.71. The number of anilines is 1. The van der Waals surface area contributed by atoms with Gasteiger partial charge < -0.3 is 10.5 Å². The van der Waals surface area contributed by atoms with E-state index in [0.29, 0.717) is 24.1 Å². The minimum atomic E-state index is -0.0102. The molecule has 1 atom stereocenters. The van der Waals surface area contributed by atoms with Gasteiger partial charge in [-0.15, -0.1) is 0 Å². The summed E-state index contributed by atoms with van der Waals surface area (Å²) in [4.78, 5) is 25.6. The number of nitrogens with zero attached hydrogens (tertiary/aromatic N) is 3. The molecule has 2 heterocycles. The van der Waals surface area contributed by atoms with Crippen LogP contribution in [0.4, 0.5) is 5.95 Å². The topological polar surface area (TPSA) is 91.0 Å². The molecule has 136 valence electrons. The molecule has 6 nitrogen and oxygen atoms in total. The van der Waals surface area contributed by atoms with Crippen molar-refractivity contribution in [3.63, 3.8) is 0 Å². The first-order chi connectivity index (χ1) is 13.1. The number of benzene rings is 1. The van der Waals surface area contributed by atoms with E-state index in [1.54, 1.807) is 13.3 Å². The molecule has 0 saturated heterocycles. The lowest BCUT2D eigenvalue weighted by atomic mass is 9.78. The van der Waals surface area contributed by atoms with Crippen LogP contribution in [-0.2, 0) is 6.42 Å². The van der Waals surface area contributed by atoms with Crippen molar-refractivity contribution in [3.05, 3.63) is 65.2 Å². The molecule has 4 rings (SSSR count). The first-order valence-corrected chi connectivity index (χ1v) is 8.81. The zero-order valence-corrected chi connectivity index (χ0v) is 15.3. The van der Waals surface area contributed by atoms with E-state index in [4.69, 9.17) is 10.5 Å². The van der Waals surface area contributed by atoms with Crippen LogP contribution in [0, 0.1) is 6.92 Å². The molecular weight excluding hydrogens is 340 g/mol. The highest BCUT2D eigenvalue weighted by Crippen LogP contribution is 2.39. The molecule has 27 heavy (non-hydrogen) atoms. The Kier molecular flexibility index (Phi) is 4.32.